The minimum atomic E-state index is -1.02. The van der Waals surface area contributed by atoms with Crippen LogP contribution >= 0.6 is 15.9 Å². The Morgan fingerprint density at radius 2 is 2.24 bits per heavy atom. The highest BCUT2D eigenvalue weighted by Gasteiger charge is 2.28. The van der Waals surface area contributed by atoms with E-state index in [9.17, 15) is 9.59 Å². The summed E-state index contributed by atoms with van der Waals surface area (Å²) < 4.78 is 6.16. The van der Waals surface area contributed by atoms with Crippen LogP contribution in [0.5, 0.6) is 0 Å². The van der Waals surface area contributed by atoms with E-state index in [0.717, 1.165) is 15.6 Å². The highest BCUT2D eigenvalue weighted by Crippen LogP contribution is 2.18. The average molecular weight is 356 g/mol. The van der Waals surface area contributed by atoms with Gasteiger partial charge in [-0.15, -0.1) is 0 Å². The molecule has 1 aromatic carbocycles. The standard InChI is InChI=1S/C15H18BrNO4/c1-10-8-11(2-4-12(10)16)3-5-14(18)17-6-7-21-13(9-17)15(19)20/h2,4,8,13H,3,5-7,9H2,1H3,(H,19,20). The summed E-state index contributed by atoms with van der Waals surface area (Å²) in [7, 11) is 0. The first-order chi connectivity index (χ1) is 9.97. The van der Waals surface area contributed by atoms with Gasteiger partial charge in [-0.1, -0.05) is 28.1 Å². The number of amides is 1. The number of aliphatic carboxylic acids is 1. The Hall–Kier alpha value is -1.40. The third-order valence-electron chi connectivity index (χ3n) is 3.54. The van der Waals surface area contributed by atoms with Gasteiger partial charge in [-0.2, -0.15) is 0 Å². The molecule has 6 heteroatoms. The van der Waals surface area contributed by atoms with E-state index < -0.39 is 12.1 Å². The van der Waals surface area contributed by atoms with Gasteiger partial charge in [0.15, 0.2) is 6.10 Å². The number of carboxylic acids is 1. The molecule has 0 aliphatic carbocycles. The SMILES string of the molecule is Cc1cc(CCC(=O)N2CCOC(C(=O)O)C2)ccc1Br. The van der Waals surface area contributed by atoms with E-state index in [0.29, 0.717) is 19.4 Å². The molecule has 1 atom stereocenters. The second-order valence-corrected chi connectivity index (χ2v) is 5.98. The van der Waals surface area contributed by atoms with Gasteiger partial charge in [0, 0.05) is 17.4 Å². The molecule has 1 saturated heterocycles. The second-order valence-electron chi connectivity index (χ2n) is 5.12. The molecule has 21 heavy (non-hydrogen) atoms. The Balaban J connectivity index is 1.89. The Morgan fingerprint density at radius 1 is 1.48 bits per heavy atom. The molecule has 1 aromatic rings. The zero-order valence-electron chi connectivity index (χ0n) is 11.8. The summed E-state index contributed by atoms with van der Waals surface area (Å²) >= 11 is 3.45. The number of carboxylic acid groups (broad SMARTS) is 1. The van der Waals surface area contributed by atoms with Crippen molar-refractivity contribution in [3.63, 3.8) is 0 Å². The monoisotopic (exact) mass is 355 g/mol. The van der Waals surface area contributed by atoms with Crippen LogP contribution < -0.4 is 0 Å². The van der Waals surface area contributed by atoms with E-state index in [1.165, 1.54) is 0 Å². The second kappa shape index (κ2) is 7.04. The maximum atomic E-state index is 12.2. The molecule has 1 amide bonds. The first-order valence-electron chi connectivity index (χ1n) is 6.84. The topological polar surface area (TPSA) is 66.8 Å². The zero-order valence-corrected chi connectivity index (χ0v) is 13.4. The van der Waals surface area contributed by atoms with Crippen LogP contribution in [0.1, 0.15) is 17.5 Å². The van der Waals surface area contributed by atoms with Crippen LogP contribution in [0, 0.1) is 6.92 Å². The van der Waals surface area contributed by atoms with Crippen molar-refractivity contribution in [3.8, 4) is 0 Å². The van der Waals surface area contributed by atoms with E-state index in [1.807, 2.05) is 19.1 Å². The molecule has 0 spiro atoms. The van der Waals surface area contributed by atoms with Crippen molar-refractivity contribution in [1.82, 2.24) is 4.90 Å². The fourth-order valence-electron chi connectivity index (χ4n) is 2.30. The van der Waals surface area contributed by atoms with E-state index in [1.54, 1.807) is 4.90 Å². The molecule has 1 heterocycles. The van der Waals surface area contributed by atoms with Crippen molar-refractivity contribution in [2.24, 2.45) is 0 Å². The quantitative estimate of drug-likeness (QED) is 0.896. The van der Waals surface area contributed by atoms with Gasteiger partial charge in [-0.25, -0.2) is 4.79 Å². The number of halogens is 1. The zero-order chi connectivity index (χ0) is 15.4. The number of rotatable bonds is 4. The molecule has 2 rings (SSSR count). The Morgan fingerprint density at radius 3 is 2.90 bits per heavy atom. The molecule has 0 radical (unpaired) electrons. The summed E-state index contributed by atoms with van der Waals surface area (Å²) in [5.74, 6) is -1.04. The molecule has 1 fully saturated rings. The third-order valence-corrected chi connectivity index (χ3v) is 4.43. The van der Waals surface area contributed by atoms with Gasteiger partial charge in [0.25, 0.3) is 0 Å². The number of hydrogen-bond acceptors (Lipinski definition) is 3. The van der Waals surface area contributed by atoms with Gasteiger partial charge in [0.1, 0.15) is 0 Å². The summed E-state index contributed by atoms with van der Waals surface area (Å²) in [6.07, 6.45) is 0.132. The van der Waals surface area contributed by atoms with Crippen LogP contribution in [-0.4, -0.2) is 47.7 Å². The van der Waals surface area contributed by atoms with Crippen molar-refractivity contribution in [3.05, 3.63) is 33.8 Å². The van der Waals surface area contributed by atoms with Crippen LogP contribution in [-0.2, 0) is 20.7 Å². The Bertz CT molecular complexity index is 546. The number of morpholine rings is 1. The van der Waals surface area contributed by atoms with E-state index >= 15 is 0 Å². The summed E-state index contributed by atoms with van der Waals surface area (Å²) in [6.45, 7) is 2.88. The lowest BCUT2D eigenvalue weighted by Gasteiger charge is -2.31. The van der Waals surface area contributed by atoms with Crippen molar-refractivity contribution >= 4 is 27.8 Å². The minimum absolute atomic E-state index is 0.0230. The largest absolute Gasteiger partial charge is 0.479 e. The number of hydrogen-bond donors (Lipinski definition) is 1. The maximum Gasteiger partial charge on any atom is 0.334 e. The van der Waals surface area contributed by atoms with Crippen molar-refractivity contribution in [1.29, 1.82) is 0 Å². The number of nitrogens with zero attached hydrogens (tertiary/aromatic N) is 1. The fourth-order valence-corrected chi connectivity index (χ4v) is 2.54. The smallest absolute Gasteiger partial charge is 0.334 e. The van der Waals surface area contributed by atoms with E-state index in [-0.39, 0.29) is 19.1 Å². The number of benzene rings is 1. The maximum absolute atomic E-state index is 12.2. The number of carbonyl (C=O) groups excluding carboxylic acids is 1. The minimum Gasteiger partial charge on any atom is -0.479 e. The molecular weight excluding hydrogens is 338 g/mol. The lowest BCUT2D eigenvalue weighted by atomic mass is 10.1. The van der Waals surface area contributed by atoms with Gasteiger partial charge in [-0.3, -0.25) is 4.79 Å². The molecule has 1 N–H and O–H groups in total. The molecule has 0 saturated carbocycles. The lowest BCUT2D eigenvalue weighted by molar-refractivity contribution is -0.159. The fraction of sp³-hybridized carbons (Fsp3) is 0.467. The number of carbonyl (C=O) groups is 2. The molecule has 5 nitrogen and oxygen atoms in total. The molecule has 0 aromatic heterocycles. The Labute approximate surface area is 132 Å². The van der Waals surface area contributed by atoms with Gasteiger partial charge in [0.2, 0.25) is 5.91 Å². The van der Waals surface area contributed by atoms with Crippen LogP contribution in [0.3, 0.4) is 0 Å². The van der Waals surface area contributed by atoms with Crippen LogP contribution in [0.4, 0.5) is 0 Å². The van der Waals surface area contributed by atoms with E-state index in [4.69, 9.17) is 9.84 Å². The van der Waals surface area contributed by atoms with Gasteiger partial charge < -0.3 is 14.7 Å². The number of ether oxygens (including phenoxy) is 1. The summed E-state index contributed by atoms with van der Waals surface area (Å²) in [4.78, 5) is 24.6. The third kappa shape index (κ3) is 4.28. The van der Waals surface area contributed by atoms with Crippen molar-refractivity contribution in [2.75, 3.05) is 19.7 Å². The van der Waals surface area contributed by atoms with Crippen LogP contribution in [0.2, 0.25) is 0 Å². The first-order valence-corrected chi connectivity index (χ1v) is 7.64. The molecule has 0 bridgehead atoms. The molecule has 114 valence electrons. The lowest BCUT2D eigenvalue weighted by Crippen LogP contribution is -2.48. The predicted molar refractivity (Wildman–Crippen MR) is 81.2 cm³/mol. The molecule has 1 unspecified atom stereocenters. The van der Waals surface area contributed by atoms with Crippen LogP contribution in [0.25, 0.3) is 0 Å². The summed E-state index contributed by atoms with van der Waals surface area (Å²) in [5, 5.41) is 8.93. The van der Waals surface area contributed by atoms with Gasteiger partial charge in [-0.05, 0) is 30.5 Å². The van der Waals surface area contributed by atoms with Crippen molar-refractivity contribution < 1.29 is 19.4 Å². The van der Waals surface area contributed by atoms with Gasteiger partial charge >= 0.3 is 5.97 Å². The van der Waals surface area contributed by atoms with Crippen molar-refractivity contribution in [2.45, 2.75) is 25.9 Å². The highest BCUT2D eigenvalue weighted by molar-refractivity contribution is 9.10. The number of aryl methyl sites for hydroxylation is 2. The van der Waals surface area contributed by atoms with Gasteiger partial charge in [0.05, 0.1) is 13.2 Å². The predicted octanol–water partition coefficient (Wildman–Crippen LogP) is 2.00. The molecule has 1 aliphatic heterocycles. The highest BCUT2D eigenvalue weighted by atomic mass is 79.9. The van der Waals surface area contributed by atoms with Crippen LogP contribution in [0.15, 0.2) is 22.7 Å². The summed E-state index contributed by atoms with van der Waals surface area (Å²) in [6, 6.07) is 6.02. The normalized spacial score (nSPS) is 18.6. The van der Waals surface area contributed by atoms with E-state index in [2.05, 4.69) is 22.0 Å². The molecular formula is C15H18BrNO4. The summed E-state index contributed by atoms with van der Waals surface area (Å²) in [5.41, 5.74) is 2.24. The first kappa shape index (κ1) is 16.0. The average Bonchev–Trinajstić information content (AvgIpc) is 2.48. The molecule has 1 aliphatic rings. The Kier molecular flexibility index (Phi) is 5.36.